The molecule has 1 aromatic rings. The molecule has 0 saturated heterocycles. The fourth-order valence-corrected chi connectivity index (χ4v) is 3.21. The summed E-state index contributed by atoms with van der Waals surface area (Å²) in [6, 6.07) is 3.67. The van der Waals surface area contributed by atoms with Crippen molar-refractivity contribution >= 4 is 11.6 Å². The highest BCUT2D eigenvalue weighted by atomic mass is 16.5. The van der Waals surface area contributed by atoms with E-state index in [-0.39, 0.29) is 5.91 Å². The van der Waals surface area contributed by atoms with Crippen molar-refractivity contribution in [2.75, 3.05) is 18.5 Å². The normalized spacial score (nSPS) is 17.1. The minimum absolute atomic E-state index is 0.0432. The first kappa shape index (κ1) is 18.7. The van der Waals surface area contributed by atoms with Crippen molar-refractivity contribution in [3.63, 3.8) is 0 Å². The molecule has 1 aromatic heterocycles. The third kappa shape index (κ3) is 4.69. The average molecular weight is 334 g/mol. The summed E-state index contributed by atoms with van der Waals surface area (Å²) in [7, 11) is 0. The number of pyridine rings is 1. The molecule has 0 atom stereocenters. The van der Waals surface area contributed by atoms with Gasteiger partial charge < -0.3 is 14.8 Å². The summed E-state index contributed by atoms with van der Waals surface area (Å²) >= 11 is 0. The summed E-state index contributed by atoms with van der Waals surface area (Å²) in [6.07, 6.45) is 6.94. The molecular weight excluding hydrogens is 304 g/mol. The van der Waals surface area contributed by atoms with E-state index in [4.69, 9.17) is 9.47 Å². The molecule has 134 valence electrons. The fraction of sp³-hybridized carbons (Fsp3) is 0.684. The first-order valence-corrected chi connectivity index (χ1v) is 9.17. The Morgan fingerprint density at radius 3 is 2.50 bits per heavy atom. The number of hydrogen-bond acceptors (Lipinski definition) is 4. The largest absolute Gasteiger partial charge is 0.478 e. The molecule has 1 fully saturated rings. The van der Waals surface area contributed by atoms with Crippen LogP contribution >= 0.6 is 0 Å². The third-order valence-electron chi connectivity index (χ3n) is 4.51. The lowest BCUT2D eigenvalue weighted by Gasteiger charge is -2.31. The van der Waals surface area contributed by atoms with Crippen molar-refractivity contribution in [2.45, 2.75) is 71.3 Å². The summed E-state index contributed by atoms with van der Waals surface area (Å²) in [4.78, 5) is 17.4. The van der Waals surface area contributed by atoms with Crippen molar-refractivity contribution in [2.24, 2.45) is 0 Å². The zero-order chi connectivity index (χ0) is 17.4. The lowest BCUT2D eigenvalue weighted by atomic mass is 9.92. The van der Waals surface area contributed by atoms with Crippen LogP contribution in [0.3, 0.4) is 0 Å². The highest BCUT2D eigenvalue weighted by molar-refractivity contribution is 5.97. The lowest BCUT2D eigenvalue weighted by molar-refractivity contribution is -0.143. The second-order valence-electron chi connectivity index (χ2n) is 6.43. The van der Waals surface area contributed by atoms with Crippen LogP contribution in [0.1, 0.15) is 64.5 Å². The number of aryl methyl sites for hydroxylation is 1. The van der Waals surface area contributed by atoms with Crippen LogP contribution in [0.2, 0.25) is 0 Å². The minimum atomic E-state index is -0.699. The number of amides is 1. The Morgan fingerprint density at radius 2 is 1.92 bits per heavy atom. The van der Waals surface area contributed by atoms with E-state index in [1.807, 2.05) is 19.9 Å². The number of anilines is 1. The maximum atomic E-state index is 12.9. The van der Waals surface area contributed by atoms with E-state index in [1.165, 1.54) is 12.8 Å². The number of carbonyl (C=O) groups is 1. The van der Waals surface area contributed by atoms with Crippen molar-refractivity contribution in [1.82, 2.24) is 4.98 Å². The molecule has 1 saturated carbocycles. The molecule has 0 aromatic carbocycles. The summed E-state index contributed by atoms with van der Waals surface area (Å²) in [5.41, 5.74) is 0.791. The first-order valence-electron chi connectivity index (χ1n) is 9.17. The van der Waals surface area contributed by atoms with Crippen LogP contribution in [-0.4, -0.2) is 29.7 Å². The van der Waals surface area contributed by atoms with Crippen LogP contribution in [0.15, 0.2) is 12.1 Å². The molecule has 1 amide bonds. The van der Waals surface area contributed by atoms with Crippen molar-refractivity contribution in [3.8, 4) is 5.88 Å². The van der Waals surface area contributed by atoms with E-state index in [0.717, 1.165) is 43.5 Å². The number of carbonyl (C=O) groups excluding carboxylic acids is 1. The Balaban J connectivity index is 2.11. The molecule has 0 aliphatic heterocycles. The zero-order valence-corrected chi connectivity index (χ0v) is 15.2. The molecule has 24 heavy (non-hydrogen) atoms. The van der Waals surface area contributed by atoms with Crippen molar-refractivity contribution in [3.05, 3.63) is 17.8 Å². The highest BCUT2D eigenvalue weighted by Gasteiger charge is 2.39. The molecule has 0 bridgehead atoms. The van der Waals surface area contributed by atoms with Gasteiger partial charge in [-0.1, -0.05) is 32.6 Å². The van der Waals surface area contributed by atoms with Crippen molar-refractivity contribution < 1.29 is 14.3 Å². The zero-order valence-electron chi connectivity index (χ0n) is 15.2. The van der Waals surface area contributed by atoms with Crippen LogP contribution in [0.4, 0.5) is 5.69 Å². The molecule has 2 rings (SSSR count). The van der Waals surface area contributed by atoms with Gasteiger partial charge in [0.2, 0.25) is 5.88 Å². The molecule has 0 unspecified atom stereocenters. The maximum Gasteiger partial charge on any atom is 0.256 e. The number of ether oxygens (including phenoxy) is 2. The number of aromatic nitrogens is 1. The smallest absolute Gasteiger partial charge is 0.256 e. The van der Waals surface area contributed by atoms with E-state index in [9.17, 15) is 4.79 Å². The van der Waals surface area contributed by atoms with E-state index < -0.39 is 5.60 Å². The lowest BCUT2D eigenvalue weighted by Crippen LogP contribution is -2.45. The van der Waals surface area contributed by atoms with E-state index in [1.54, 1.807) is 6.07 Å². The van der Waals surface area contributed by atoms with Gasteiger partial charge in [-0.15, -0.1) is 0 Å². The number of nitrogens with one attached hydrogen (secondary N) is 1. The predicted molar refractivity (Wildman–Crippen MR) is 95.4 cm³/mol. The fourth-order valence-electron chi connectivity index (χ4n) is 3.21. The maximum absolute atomic E-state index is 12.9. The average Bonchev–Trinajstić information content (AvgIpc) is 2.82. The van der Waals surface area contributed by atoms with Gasteiger partial charge >= 0.3 is 0 Å². The number of nitrogens with zero attached hydrogens (tertiary/aromatic N) is 1. The van der Waals surface area contributed by atoms with E-state index in [0.29, 0.717) is 19.1 Å². The number of hydrogen-bond donors (Lipinski definition) is 1. The van der Waals surface area contributed by atoms with Crippen LogP contribution in [-0.2, 0) is 9.53 Å². The monoisotopic (exact) mass is 334 g/mol. The van der Waals surface area contributed by atoms with Crippen LogP contribution in [0.5, 0.6) is 5.88 Å². The SMILES string of the molecule is CCCOc1ccc(NC(=O)C2(OCC)CCCCCC2)c(C)n1. The molecule has 1 N–H and O–H groups in total. The molecule has 1 heterocycles. The third-order valence-corrected chi connectivity index (χ3v) is 4.51. The second kappa shape index (κ2) is 9.02. The number of rotatable bonds is 7. The molecule has 5 heteroatoms. The van der Waals surface area contributed by atoms with Gasteiger partial charge in [0.15, 0.2) is 0 Å². The molecule has 0 spiro atoms. The van der Waals surface area contributed by atoms with Crippen LogP contribution in [0, 0.1) is 6.92 Å². The van der Waals surface area contributed by atoms with Gasteiger partial charge in [0, 0.05) is 12.7 Å². The molecule has 0 radical (unpaired) electrons. The Bertz CT molecular complexity index is 537. The Labute approximate surface area is 145 Å². The molecular formula is C19H30N2O3. The van der Waals surface area contributed by atoms with Crippen molar-refractivity contribution in [1.29, 1.82) is 0 Å². The Kier molecular flexibility index (Phi) is 7.03. The van der Waals surface area contributed by atoms with Gasteiger partial charge in [-0.25, -0.2) is 4.98 Å². The standard InChI is InChI=1S/C19H30N2O3/c1-4-14-23-17-11-10-16(15(3)20-17)21-18(22)19(24-5-2)12-8-6-7-9-13-19/h10-11H,4-9,12-14H2,1-3H3,(H,21,22). The first-order chi connectivity index (χ1) is 11.6. The Morgan fingerprint density at radius 1 is 1.21 bits per heavy atom. The van der Waals surface area contributed by atoms with Gasteiger partial charge in [0.25, 0.3) is 5.91 Å². The summed E-state index contributed by atoms with van der Waals surface area (Å²) in [5, 5.41) is 3.03. The predicted octanol–water partition coefficient (Wildman–Crippen LogP) is 4.25. The van der Waals surface area contributed by atoms with Gasteiger partial charge in [0.05, 0.1) is 18.0 Å². The van der Waals surface area contributed by atoms with Gasteiger partial charge in [0.1, 0.15) is 5.60 Å². The van der Waals surface area contributed by atoms with E-state index in [2.05, 4.69) is 17.2 Å². The van der Waals surface area contributed by atoms with Gasteiger partial charge in [-0.3, -0.25) is 4.79 Å². The summed E-state index contributed by atoms with van der Waals surface area (Å²) in [6.45, 7) is 7.09. The Hall–Kier alpha value is -1.62. The minimum Gasteiger partial charge on any atom is -0.478 e. The topological polar surface area (TPSA) is 60.5 Å². The molecule has 1 aliphatic rings. The molecule has 1 aliphatic carbocycles. The van der Waals surface area contributed by atoms with Crippen LogP contribution in [0.25, 0.3) is 0 Å². The van der Waals surface area contributed by atoms with Crippen LogP contribution < -0.4 is 10.1 Å². The second-order valence-corrected chi connectivity index (χ2v) is 6.43. The van der Waals surface area contributed by atoms with E-state index >= 15 is 0 Å². The summed E-state index contributed by atoms with van der Waals surface area (Å²) < 4.78 is 11.5. The molecule has 5 nitrogen and oxygen atoms in total. The van der Waals surface area contributed by atoms with Gasteiger partial charge in [-0.2, -0.15) is 0 Å². The van der Waals surface area contributed by atoms with Gasteiger partial charge in [-0.05, 0) is 39.2 Å². The quantitative estimate of drug-likeness (QED) is 0.757. The summed E-state index contributed by atoms with van der Waals surface area (Å²) in [5.74, 6) is 0.555. The highest BCUT2D eigenvalue weighted by Crippen LogP contribution is 2.32.